The minimum atomic E-state index is 0.721. The summed E-state index contributed by atoms with van der Waals surface area (Å²) in [5.74, 6) is 0. The lowest BCUT2D eigenvalue weighted by Crippen LogP contribution is -2.16. The van der Waals surface area contributed by atoms with Crippen LogP contribution in [0, 0.1) is 0 Å². The number of hydrogen-bond acceptors (Lipinski definition) is 3. The normalized spacial score (nSPS) is 14.1. The fourth-order valence-corrected chi connectivity index (χ4v) is 3.10. The van der Waals surface area contributed by atoms with Gasteiger partial charge in [0.2, 0.25) is 0 Å². The Morgan fingerprint density at radius 1 is 1.10 bits per heavy atom. The van der Waals surface area contributed by atoms with Crippen LogP contribution in [0.1, 0.15) is 11.1 Å². The molecule has 0 aromatic heterocycles. The van der Waals surface area contributed by atoms with Crippen LogP contribution in [-0.2, 0) is 0 Å². The Morgan fingerprint density at radius 2 is 1.86 bits per heavy atom. The molecule has 0 unspecified atom stereocenters. The van der Waals surface area contributed by atoms with Crippen molar-refractivity contribution >= 4 is 34.8 Å². The first-order valence-corrected chi connectivity index (χ1v) is 8.22. The first kappa shape index (κ1) is 14.2. The van der Waals surface area contributed by atoms with Gasteiger partial charge in [0.15, 0.2) is 0 Å². The zero-order valence-electron chi connectivity index (χ0n) is 11.9. The van der Waals surface area contributed by atoms with Crippen molar-refractivity contribution in [3.8, 4) is 0 Å². The van der Waals surface area contributed by atoms with Gasteiger partial charge in [0.25, 0.3) is 0 Å². The molecule has 1 aliphatic rings. The maximum Gasteiger partial charge on any atom is 0.0933 e. The predicted molar refractivity (Wildman–Crippen MR) is 93.5 cm³/mol. The molecule has 1 heterocycles. The highest BCUT2D eigenvalue weighted by atomic mass is 35.5. The summed E-state index contributed by atoms with van der Waals surface area (Å²) in [6.07, 6.45) is 3.97. The van der Waals surface area contributed by atoms with Crippen LogP contribution >= 0.6 is 23.4 Å². The molecule has 2 aromatic rings. The Labute approximate surface area is 134 Å². The molecule has 0 fully saturated rings. The standard InChI is InChI=1S/C17H15ClN2S/c1-20-15-9-8-13(18)10-14(15)17(19-11-16(20)21-2)12-6-4-3-5-7-12/h3-11H,1-2H3. The van der Waals surface area contributed by atoms with Crippen LogP contribution in [0.3, 0.4) is 0 Å². The summed E-state index contributed by atoms with van der Waals surface area (Å²) in [6.45, 7) is 0. The van der Waals surface area contributed by atoms with E-state index in [1.54, 1.807) is 11.8 Å². The Hall–Kier alpha value is -1.71. The number of halogens is 1. The highest BCUT2D eigenvalue weighted by Gasteiger charge is 2.19. The molecule has 0 N–H and O–H groups in total. The molecule has 106 valence electrons. The summed E-state index contributed by atoms with van der Waals surface area (Å²) in [7, 11) is 2.05. The van der Waals surface area contributed by atoms with E-state index in [2.05, 4.69) is 30.3 Å². The topological polar surface area (TPSA) is 15.6 Å². The largest absolute Gasteiger partial charge is 0.338 e. The summed E-state index contributed by atoms with van der Waals surface area (Å²) in [5.41, 5.74) is 4.20. The summed E-state index contributed by atoms with van der Waals surface area (Å²) >= 11 is 7.88. The molecule has 0 atom stereocenters. The van der Waals surface area contributed by atoms with Gasteiger partial charge in [-0.05, 0) is 24.5 Å². The van der Waals surface area contributed by atoms with Crippen molar-refractivity contribution in [3.63, 3.8) is 0 Å². The van der Waals surface area contributed by atoms with Crippen LogP contribution in [0.5, 0.6) is 0 Å². The van der Waals surface area contributed by atoms with Gasteiger partial charge in [-0.2, -0.15) is 0 Å². The molecule has 0 amide bonds. The Balaban J connectivity index is 2.24. The van der Waals surface area contributed by atoms with E-state index in [-0.39, 0.29) is 0 Å². The zero-order chi connectivity index (χ0) is 14.8. The second-order valence-electron chi connectivity index (χ2n) is 4.74. The average molecular weight is 315 g/mol. The monoisotopic (exact) mass is 314 g/mol. The first-order valence-electron chi connectivity index (χ1n) is 6.61. The molecule has 2 aromatic carbocycles. The van der Waals surface area contributed by atoms with E-state index in [1.165, 1.54) is 0 Å². The molecule has 0 aliphatic carbocycles. The number of fused-ring (bicyclic) bond motifs is 1. The van der Waals surface area contributed by atoms with E-state index in [4.69, 9.17) is 16.6 Å². The van der Waals surface area contributed by atoms with E-state index in [0.717, 1.165) is 32.6 Å². The lowest BCUT2D eigenvalue weighted by Gasteiger charge is -2.22. The van der Waals surface area contributed by atoms with Gasteiger partial charge in [-0.3, -0.25) is 4.99 Å². The van der Waals surface area contributed by atoms with Crippen molar-refractivity contribution in [1.29, 1.82) is 0 Å². The molecule has 0 spiro atoms. The second kappa shape index (κ2) is 5.96. The SMILES string of the molecule is CSC1=CN=C(c2ccccc2)c2cc(Cl)ccc2N1C. The van der Waals surface area contributed by atoms with E-state index in [1.807, 2.05) is 42.6 Å². The number of aliphatic imine (C=N–C) groups is 1. The molecular weight excluding hydrogens is 300 g/mol. The minimum Gasteiger partial charge on any atom is -0.338 e. The van der Waals surface area contributed by atoms with E-state index < -0.39 is 0 Å². The van der Waals surface area contributed by atoms with Crippen LogP contribution < -0.4 is 4.90 Å². The number of anilines is 1. The van der Waals surface area contributed by atoms with Crippen LogP contribution in [0.15, 0.2) is 64.8 Å². The first-order chi connectivity index (χ1) is 10.2. The van der Waals surface area contributed by atoms with Crippen molar-refractivity contribution in [2.75, 3.05) is 18.2 Å². The summed E-state index contributed by atoms with van der Waals surface area (Å²) in [4.78, 5) is 6.86. The quantitative estimate of drug-likeness (QED) is 0.792. The van der Waals surface area contributed by atoms with Crippen LogP contribution in [-0.4, -0.2) is 19.0 Å². The van der Waals surface area contributed by atoms with Gasteiger partial charge in [0.05, 0.1) is 22.6 Å². The molecular formula is C17H15ClN2S. The van der Waals surface area contributed by atoms with Gasteiger partial charge in [-0.25, -0.2) is 0 Å². The second-order valence-corrected chi connectivity index (χ2v) is 6.00. The maximum absolute atomic E-state index is 6.20. The summed E-state index contributed by atoms with van der Waals surface area (Å²) in [5, 5.41) is 1.82. The van der Waals surface area contributed by atoms with E-state index in [0.29, 0.717) is 0 Å². The molecule has 0 bridgehead atoms. The Morgan fingerprint density at radius 3 is 2.57 bits per heavy atom. The maximum atomic E-state index is 6.20. The van der Waals surface area contributed by atoms with Gasteiger partial charge in [0.1, 0.15) is 0 Å². The third kappa shape index (κ3) is 2.71. The summed E-state index contributed by atoms with van der Waals surface area (Å²) in [6, 6.07) is 16.1. The highest BCUT2D eigenvalue weighted by Crippen LogP contribution is 2.33. The highest BCUT2D eigenvalue weighted by molar-refractivity contribution is 8.02. The van der Waals surface area contributed by atoms with Crippen molar-refractivity contribution in [3.05, 3.63) is 75.9 Å². The fraction of sp³-hybridized carbons (Fsp3) is 0.118. The number of thioether (sulfide) groups is 1. The Bertz CT molecular complexity index is 723. The molecule has 1 aliphatic heterocycles. The van der Waals surface area contributed by atoms with Crippen molar-refractivity contribution in [1.82, 2.24) is 0 Å². The molecule has 4 heteroatoms. The van der Waals surface area contributed by atoms with Crippen molar-refractivity contribution in [2.24, 2.45) is 4.99 Å². The lowest BCUT2D eigenvalue weighted by atomic mass is 10.0. The van der Waals surface area contributed by atoms with E-state index in [9.17, 15) is 0 Å². The number of hydrogen-bond donors (Lipinski definition) is 0. The molecule has 3 rings (SSSR count). The van der Waals surface area contributed by atoms with Crippen molar-refractivity contribution < 1.29 is 0 Å². The third-order valence-electron chi connectivity index (χ3n) is 3.47. The van der Waals surface area contributed by atoms with E-state index >= 15 is 0 Å². The number of rotatable bonds is 2. The predicted octanol–water partition coefficient (Wildman–Crippen LogP) is 4.79. The lowest BCUT2D eigenvalue weighted by molar-refractivity contribution is 1.18. The van der Waals surface area contributed by atoms with Gasteiger partial charge >= 0.3 is 0 Å². The van der Waals surface area contributed by atoms with Gasteiger partial charge in [-0.15, -0.1) is 11.8 Å². The zero-order valence-corrected chi connectivity index (χ0v) is 13.4. The van der Waals surface area contributed by atoms with Gasteiger partial charge < -0.3 is 4.90 Å². The van der Waals surface area contributed by atoms with Crippen LogP contribution in [0.4, 0.5) is 5.69 Å². The molecule has 0 saturated heterocycles. The summed E-state index contributed by atoms with van der Waals surface area (Å²) < 4.78 is 0. The number of nitrogens with zero attached hydrogens (tertiary/aromatic N) is 2. The molecule has 0 saturated carbocycles. The molecule has 21 heavy (non-hydrogen) atoms. The van der Waals surface area contributed by atoms with Gasteiger partial charge in [0, 0.05) is 23.2 Å². The van der Waals surface area contributed by atoms with Crippen molar-refractivity contribution in [2.45, 2.75) is 0 Å². The number of benzene rings is 2. The van der Waals surface area contributed by atoms with Crippen LogP contribution in [0.2, 0.25) is 5.02 Å². The molecule has 0 radical (unpaired) electrons. The average Bonchev–Trinajstić information content (AvgIpc) is 2.65. The Kier molecular flexibility index (Phi) is 4.04. The fourth-order valence-electron chi connectivity index (χ4n) is 2.40. The smallest absolute Gasteiger partial charge is 0.0933 e. The molecule has 2 nitrogen and oxygen atoms in total. The minimum absolute atomic E-state index is 0.721. The van der Waals surface area contributed by atoms with Crippen LogP contribution in [0.25, 0.3) is 0 Å². The third-order valence-corrected chi connectivity index (χ3v) is 4.50. The van der Waals surface area contributed by atoms with Gasteiger partial charge in [-0.1, -0.05) is 41.9 Å².